The lowest BCUT2D eigenvalue weighted by atomic mass is 10.2. The number of nitrogens with zero attached hydrogens (tertiary/aromatic N) is 2. The molecular weight excluding hydrogens is 322 g/mol. The molecule has 2 aliphatic rings. The van der Waals surface area contributed by atoms with E-state index in [1.54, 1.807) is 23.2 Å². The molecular formula is C14H16BrN3O2. The van der Waals surface area contributed by atoms with Crippen LogP contribution in [0.5, 0.6) is 0 Å². The van der Waals surface area contributed by atoms with Crippen LogP contribution in [0.15, 0.2) is 22.8 Å². The van der Waals surface area contributed by atoms with E-state index in [-0.39, 0.29) is 17.9 Å². The van der Waals surface area contributed by atoms with Crippen LogP contribution in [-0.2, 0) is 4.79 Å². The maximum Gasteiger partial charge on any atom is 0.273 e. The first-order valence-corrected chi connectivity index (χ1v) is 7.67. The van der Waals surface area contributed by atoms with Gasteiger partial charge in [-0.1, -0.05) is 0 Å². The van der Waals surface area contributed by atoms with Gasteiger partial charge >= 0.3 is 0 Å². The molecule has 1 aromatic rings. The molecule has 0 spiro atoms. The molecule has 20 heavy (non-hydrogen) atoms. The Balaban J connectivity index is 1.72. The summed E-state index contributed by atoms with van der Waals surface area (Å²) in [6, 6.07) is 3.45. The normalized spacial score (nSPS) is 21.9. The predicted octanol–water partition coefficient (Wildman–Crippen LogP) is 1.73. The van der Waals surface area contributed by atoms with Crippen LogP contribution < -0.4 is 5.32 Å². The monoisotopic (exact) mass is 337 g/mol. The van der Waals surface area contributed by atoms with Crippen molar-refractivity contribution in [1.82, 2.24) is 15.2 Å². The van der Waals surface area contributed by atoms with Crippen molar-refractivity contribution >= 4 is 27.7 Å². The Labute approximate surface area is 125 Å². The number of amides is 2. The van der Waals surface area contributed by atoms with E-state index < -0.39 is 0 Å². The molecule has 2 fully saturated rings. The highest BCUT2D eigenvalue weighted by molar-refractivity contribution is 9.10. The van der Waals surface area contributed by atoms with Gasteiger partial charge in [0, 0.05) is 23.3 Å². The number of rotatable bonds is 3. The van der Waals surface area contributed by atoms with Crippen LogP contribution >= 0.6 is 15.9 Å². The summed E-state index contributed by atoms with van der Waals surface area (Å²) in [4.78, 5) is 30.4. The van der Waals surface area contributed by atoms with Gasteiger partial charge in [-0.25, -0.2) is 4.98 Å². The smallest absolute Gasteiger partial charge is 0.273 e. The molecule has 106 valence electrons. The van der Waals surface area contributed by atoms with Crippen LogP contribution in [0.1, 0.15) is 36.2 Å². The van der Waals surface area contributed by atoms with E-state index in [0.717, 1.165) is 30.2 Å². The molecule has 1 aliphatic carbocycles. The van der Waals surface area contributed by atoms with Gasteiger partial charge in [-0.3, -0.25) is 9.59 Å². The number of aromatic nitrogens is 1. The topological polar surface area (TPSA) is 62.3 Å². The van der Waals surface area contributed by atoms with Crippen molar-refractivity contribution in [2.24, 2.45) is 0 Å². The molecule has 2 amide bonds. The number of hydrogen-bond donors (Lipinski definition) is 1. The Morgan fingerprint density at radius 1 is 1.30 bits per heavy atom. The summed E-state index contributed by atoms with van der Waals surface area (Å²) in [5.41, 5.74) is 0.388. The minimum Gasteiger partial charge on any atom is -0.352 e. The number of halogens is 1. The minimum atomic E-state index is -0.339. The summed E-state index contributed by atoms with van der Waals surface area (Å²) in [5, 5.41) is 2.98. The molecule has 2 heterocycles. The Morgan fingerprint density at radius 3 is 2.75 bits per heavy atom. The Hall–Kier alpha value is -1.43. The van der Waals surface area contributed by atoms with Crippen molar-refractivity contribution in [3.63, 3.8) is 0 Å². The molecule has 1 saturated carbocycles. The molecule has 1 N–H and O–H groups in total. The molecule has 1 aliphatic heterocycles. The van der Waals surface area contributed by atoms with Crippen LogP contribution in [0.3, 0.4) is 0 Å². The fourth-order valence-electron chi connectivity index (χ4n) is 2.46. The number of hydrogen-bond acceptors (Lipinski definition) is 3. The van der Waals surface area contributed by atoms with E-state index in [1.807, 2.05) is 0 Å². The average molecular weight is 338 g/mol. The van der Waals surface area contributed by atoms with Gasteiger partial charge in [-0.05, 0) is 53.7 Å². The highest BCUT2D eigenvalue weighted by Gasteiger charge is 2.37. The van der Waals surface area contributed by atoms with Crippen molar-refractivity contribution in [2.45, 2.75) is 37.8 Å². The fourth-order valence-corrected chi connectivity index (χ4v) is 2.69. The third-order valence-corrected chi connectivity index (χ3v) is 4.16. The molecule has 1 aromatic heterocycles. The molecule has 0 aromatic carbocycles. The van der Waals surface area contributed by atoms with Gasteiger partial charge in [0.15, 0.2) is 0 Å². The second-order valence-electron chi connectivity index (χ2n) is 5.30. The van der Waals surface area contributed by atoms with Gasteiger partial charge in [0.2, 0.25) is 5.91 Å². The maximum absolute atomic E-state index is 12.4. The van der Waals surface area contributed by atoms with Crippen molar-refractivity contribution < 1.29 is 9.59 Å². The van der Waals surface area contributed by atoms with Gasteiger partial charge in [-0.15, -0.1) is 0 Å². The van der Waals surface area contributed by atoms with E-state index in [2.05, 4.69) is 26.2 Å². The summed E-state index contributed by atoms with van der Waals surface area (Å²) >= 11 is 3.30. The van der Waals surface area contributed by atoms with E-state index in [9.17, 15) is 9.59 Å². The number of likely N-dealkylation sites (tertiary alicyclic amines) is 1. The van der Waals surface area contributed by atoms with Gasteiger partial charge in [0.1, 0.15) is 11.7 Å². The molecule has 0 bridgehead atoms. The summed E-state index contributed by atoms with van der Waals surface area (Å²) in [6.45, 7) is 0.624. The number of nitrogens with one attached hydrogen (secondary N) is 1. The van der Waals surface area contributed by atoms with E-state index in [0.29, 0.717) is 18.3 Å². The van der Waals surface area contributed by atoms with Crippen LogP contribution in [-0.4, -0.2) is 40.3 Å². The third-order valence-electron chi connectivity index (χ3n) is 3.69. The van der Waals surface area contributed by atoms with E-state index in [4.69, 9.17) is 0 Å². The van der Waals surface area contributed by atoms with Crippen molar-refractivity contribution in [3.05, 3.63) is 28.5 Å². The second-order valence-corrected chi connectivity index (χ2v) is 6.22. The van der Waals surface area contributed by atoms with Crippen molar-refractivity contribution in [1.29, 1.82) is 0 Å². The summed E-state index contributed by atoms with van der Waals surface area (Å²) in [7, 11) is 0. The maximum atomic E-state index is 12.4. The Bertz CT molecular complexity index is 528. The largest absolute Gasteiger partial charge is 0.352 e. The summed E-state index contributed by atoms with van der Waals surface area (Å²) in [5.74, 6) is -0.179. The van der Waals surface area contributed by atoms with Crippen molar-refractivity contribution in [2.75, 3.05) is 6.54 Å². The lowest BCUT2D eigenvalue weighted by Gasteiger charge is -2.23. The molecule has 3 rings (SSSR count). The fraction of sp³-hybridized carbons (Fsp3) is 0.500. The molecule has 0 radical (unpaired) electrons. The standard InChI is InChI=1S/C14H16BrN3O2/c15-9-3-6-11(16-8-9)14(20)18-7-1-2-12(18)13(19)17-10-4-5-10/h3,6,8,10,12H,1-2,4-5,7H2,(H,17,19). The quantitative estimate of drug-likeness (QED) is 0.913. The lowest BCUT2D eigenvalue weighted by molar-refractivity contribution is -0.125. The predicted molar refractivity (Wildman–Crippen MR) is 77.2 cm³/mol. The SMILES string of the molecule is O=C(NC1CC1)C1CCCN1C(=O)c1ccc(Br)cn1. The number of carbonyl (C=O) groups excluding carboxylic acids is 2. The molecule has 1 saturated heterocycles. The van der Waals surface area contributed by atoms with Crippen LogP contribution in [0, 0.1) is 0 Å². The molecule has 5 nitrogen and oxygen atoms in total. The first-order valence-electron chi connectivity index (χ1n) is 6.88. The van der Waals surface area contributed by atoms with Gasteiger partial charge < -0.3 is 10.2 Å². The highest BCUT2D eigenvalue weighted by atomic mass is 79.9. The molecule has 6 heteroatoms. The number of pyridine rings is 1. The zero-order valence-electron chi connectivity index (χ0n) is 11.0. The van der Waals surface area contributed by atoms with Gasteiger partial charge in [-0.2, -0.15) is 0 Å². The lowest BCUT2D eigenvalue weighted by Crippen LogP contribution is -2.46. The van der Waals surface area contributed by atoms with Crippen LogP contribution in [0.4, 0.5) is 0 Å². The first kappa shape index (κ1) is 13.5. The van der Waals surface area contributed by atoms with Crippen LogP contribution in [0.2, 0.25) is 0 Å². The van der Waals surface area contributed by atoms with Crippen LogP contribution in [0.25, 0.3) is 0 Å². The van der Waals surface area contributed by atoms with Crippen molar-refractivity contribution in [3.8, 4) is 0 Å². The highest BCUT2D eigenvalue weighted by Crippen LogP contribution is 2.23. The third kappa shape index (κ3) is 2.85. The molecule has 1 unspecified atom stereocenters. The summed E-state index contributed by atoms with van der Waals surface area (Å²) in [6.07, 6.45) is 5.32. The zero-order chi connectivity index (χ0) is 14.1. The van der Waals surface area contributed by atoms with Gasteiger partial charge in [0.05, 0.1) is 0 Å². The van der Waals surface area contributed by atoms with Gasteiger partial charge in [0.25, 0.3) is 5.91 Å². The minimum absolute atomic E-state index is 0.0181. The van der Waals surface area contributed by atoms with E-state index >= 15 is 0 Å². The molecule has 1 atom stereocenters. The average Bonchev–Trinajstić information content (AvgIpc) is 3.11. The first-order chi connectivity index (χ1) is 9.65. The summed E-state index contributed by atoms with van der Waals surface area (Å²) < 4.78 is 0.832. The van der Waals surface area contributed by atoms with E-state index in [1.165, 1.54) is 0 Å². The zero-order valence-corrected chi connectivity index (χ0v) is 12.6. The number of carbonyl (C=O) groups is 2. The Morgan fingerprint density at radius 2 is 2.10 bits per heavy atom. The second kappa shape index (κ2) is 5.52. The Kier molecular flexibility index (Phi) is 3.74.